The van der Waals surface area contributed by atoms with Crippen LogP contribution in [0.15, 0.2) is 63.5 Å². The number of alkyl halides is 3. The van der Waals surface area contributed by atoms with Gasteiger partial charge in [-0.3, -0.25) is 4.79 Å². The number of rotatable bonds is 2. The number of carboxylic acids is 1. The Hall–Kier alpha value is -3.18. The summed E-state index contributed by atoms with van der Waals surface area (Å²) in [5, 5.41) is 24.5. The highest BCUT2D eigenvalue weighted by Gasteiger charge is 2.63. The van der Waals surface area contributed by atoms with Gasteiger partial charge in [-0.1, -0.05) is 36.4 Å². The van der Waals surface area contributed by atoms with Gasteiger partial charge in [0.05, 0.1) is 17.0 Å². The minimum absolute atomic E-state index is 0.0491. The molecule has 2 aromatic carbocycles. The standard InChI is InChI=1S/C19H12F3N3O4S/c20-19(21,22)18(29)9-13(12-6-5-10-3-1-2-4-11(10)7-12)24-25(18)17-23-16(28)14(30-17)8-15(26)27/h1-8,29H,9H2,(H,26,27)/b14-8-/t18-/m0/s1. The molecule has 1 amide bonds. The number of carboxylic acid groups (broad SMARTS) is 1. The molecule has 1 atom stereocenters. The number of nitrogens with zero attached hydrogens (tertiary/aromatic N) is 3. The number of hydrogen-bond donors (Lipinski definition) is 2. The summed E-state index contributed by atoms with van der Waals surface area (Å²) in [5.41, 5.74) is -3.11. The minimum Gasteiger partial charge on any atom is -0.478 e. The molecule has 2 N–H and O–H groups in total. The van der Waals surface area contributed by atoms with Gasteiger partial charge in [-0.25, -0.2) is 4.79 Å². The molecular weight excluding hydrogens is 423 g/mol. The largest absolute Gasteiger partial charge is 0.478 e. The van der Waals surface area contributed by atoms with Crippen molar-refractivity contribution in [2.45, 2.75) is 18.3 Å². The smallest absolute Gasteiger partial charge is 0.438 e. The van der Waals surface area contributed by atoms with Gasteiger partial charge in [-0.2, -0.15) is 28.3 Å². The molecule has 0 radical (unpaired) electrons. The molecule has 30 heavy (non-hydrogen) atoms. The molecule has 2 aliphatic rings. The van der Waals surface area contributed by atoms with Gasteiger partial charge in [-0.15, -0.1) is 0 Å². The summed E-state index contributed by atoms with van der Waals surface area (Å²) < 4.78 is 41.3. The number of fused-ring (bicyclic) bond motifs is 1. The third-order valence-electron chi connectivity index (χ3n) is 4.57. The lowest BCUT2D eigenvalue weighted by atomic mass is 9.98. The number of carbonyl (C=O) groups excluding carboxylic acids is 1. The second-order valence-electron chi connectivity index (χ2n) is 6.56. The van der Waals surface area contributed by atoms with Gasteiger partial charge >= 0.3 is 12.1 Å². The van der Waals surface area contributed by atoms with Crippen LogP contribution in [0.1, 0.15) is 12.0 Å². The number of hydrazone groups is 1. The van der Waals surface area contributed by atoms with Crippen LogP contribution in [-0.2, 0) is 9.59 Å². The molecular formula is C19H12F3N3O4S. The van der Waals surface area contributed by atoms with Crippen LogP contribution in [0.3, 0.4) is 0 Å². The van der Waals surface area contributed by atoms with Crippen LogP contribution >= 0.6 is 11.8 Å². The molecule has 11 heteroatoms. The lowest BCUT2D eigenvalue weighted by molar-refractivity contribution is -0.294. The van der Waals surface area contributed by atoms with Gasteiger partial charge in [0.25, 0.3) is 11.6 Å². The summed E-state index contributed by atoms with van der Waals surface area (Å²) in [6, 6.07) is 12.2. The van der Waals surface area contributed by atoms with E-state index in [2.05, 4.69) is 10.1 Å². The fourth-order valence-electron chi connectivity index (χ4n) is 3.10. The normalized spacial score (nSPS) is 23.3. The number of amides is 1. The van der Waals surface area contributed by atoms with E-state index in [1.54, 1.807) is 30.3 Å². The maximum Gasteiger partial charge on any atom is 0.438 e. The first kappa shape index (κ1) is 20.1. The number of carbonyl (C=O) groups is 2. The molecule has 7 nitrogen and oxygen atoms in total. The number of aliphatic hydroxyl groups is 1. The van der Waals surface area contributed by atoms with Crippen LogP contribution in [0.2, 0.25) is 0 Å². The SMILES string of the molecule is O=C(O)/C=C1\SC(N2N=C(c3ccc4ccccc4c3)C[C@]2(O)C(F)(F)F)=NC1=O. The van der Waals surface area contributed by atoms with E-state index in [4.69, 9.17) is 5.11 Å². The van der Waals surface area contributed by atoms with Crippen LogP contribution in [0.25, 0.3) is 10.8 Å². The van der Waals surface area contributed by atoms with Crippen molar-refractivity contribution in [3.8, 4) is 0 Å². The molecule has 0 unspecified atom stereocenters. The average Bonchev–Trinajstić information content (AvgIpc) is 3.21. The molecule has 154 valence electrons. The summed E-state index contributed by atoms with van der Waals surface area (Å²) >= 11 is 0.402. The molecule has 2 aromatic rings. The molecule has 0 bridgehead atoms. The average molecular weight is 435 g/mol. The van der Waals surface area contributed by atoms with E-state index >= 15 is 0 Å². The molecule has 0 saturated heterocycles. The highest BCUT2D eigenvalue weighted by Crippen LogP contribution is 2.44. The van der Waals surface area contributed by atoms with E-state index in [1.807, 2.05) is 12.1 Å². The first-order valence-electron chi connectivity index (χ1n) is 8.50. The van der Waals surface area contributed by atoms with Crippen molar-refractivity contribution in [2.75, 3.05) is 0 Å². The Balaban J connectivity index is 1.76. The summed E-state index contributed by atoms with van der Waals surface area (Å²) in [5.74, 6) is -2.47. The summed E-state index contributed by atoms with van der Waals surface area (Å²) in [6.07, 6.45) is -5.47. The van der Waals surface area contributed by atoms with Gasteiger partial charge in [0.1, 0.15) is 0 Å². The van der Waals surface area contributed by atoms with E-state index in [1.165, 1.54) is 0 Å². The van der Waals surface area contributed by atoms with Crippen molar-refractivity contribution in [1.29, 1.82) is 0 Å². The van der Waals surface area contributed by atoms with Crippen LogP contribution < -0.4 is 0 Å². The first-order valence-corrected chi connectivity index (χ1v) is 9.32. The van der Waals surface area contributed by atoms with E-state index in [9.17, 15) is 27.9 Å². The third-order valence-corrected chi connectivity index (χ3v) is 5.53. The minimum atomic E-state index is -5.12. The Morgan fingerprint density at radius 2 is 1.90 bits per heavy atom. The van der Waals surface area contributed by atoms with Crippen LogP contribution in [-0.4, -0.2) is 49.9 Å². The Bertz CT molecular complexity index is 1180. The van der Waals surface area contributed by atoms with E-state index in [0.29, 0.717) is 23.4 Å². The van der Waals surface area contributed by atoms with Crippen LogP contribution in [0.5, 0.6) is 0 Å². The Kier molecular flexibility index (Phi) is 4.66. The molecule has 2 heterocycles. The predicted molar refractivity (Wildman–Crippen MR) is 104 cm³/mol. The monoisotopic (exact) mass is 435 g/mol. The topological polar surface area (TPSA) is 103 Å². The molecule has 0 saturated carbocycles. The van der Waals surface area contributed by atoms with Gasteiger partial charge in [0, 0.05) is 6.08 Å². The second-order valence-corrected chi connectivity index (χ2v) is 7.57. The fourth-order valence-corrected chi connectivity index (χ4v) is 3.99. The number of aliphatic imine (C=N–C) groups is 1. The zero-order valence-electron chi connectivity index (χ0n) is 14.9. The third kappa shape index (κ3) is 3.35. The Morgan fingerprint density at radius 1 is 1.20 bits per heavy atom. The Morgan fingerprint density at radius 3 is 2.57 bits per heavy atom. The van der Waals surface area contributed by atoms with E-state index in [-0.39, 0.29) is 15.6 Å². The molecule has 0 spiro atoms. The number of halogens is 3. The molecule has 0 aromatic heterocycles. The molecule has 0 fully saturated rings. The van der Waals surface area contributed by atoms with Gasteiger partial charge in [0.2, 0.25) is 0 Å². The van der Waals surface area contributed by atoms with Gasteiger partial charge in [0.15, 0.2) is 5.17 Å². The summed E-state index contributed by atoms with van der Waals surface area (Å²) in [7, 11) is 0. The maximum absolute atomic E-state index is 13.8. The van der Waals surface area contributed by atoms with Crippen LogP contribution in [0.4, 0.5) is 13.2 Å². The maximum atomic E-state index is 13.8. The summed E-state index contributed by atoms with van der Waals surface area (Å²) in [6.45, 7) is 0. The highest BCUT2D eigenvalue weighted by molar-refractivity contribution is 8.18. The van der Waals surface area contributed by atoms with Crippen molar-refractivity contribution in [3.05, 3.63) is 59.0 Å². The van der Waals surface area contributed by atoms with E-state index < -0.39 is 35.4 Å². The number of aliphatic carboxylic acids is 1. The Labute approximate surface area is 171 Å². The predicted octanol–water partition coefficient (Wildman–Crippen LogP) is 3.10. The summed E-state index contributed by atoms with van der Waals surface area (Å²) in [4.78, 5) is 25.7. The number of amidine groups is 1. The quantitative estimate of drug-likeness (QED) is 0.703. The molecule has 4 rings (SSSR count). The van der Waals surface area contributed by atoms with Crippen molar-refractivity contribution < 1.29 is 33.0 Å². The van der Waals surface area contributed by atoms with Crippen LogP contribution in [0, 0.1) is 0 Å². The number of benzene rings is 2. The fraction of sp³-hybridized carbons (Fsp3) is 0.158. The zero-order valence-corrected chi connectivity index (χ0v) is 15.7. The molecule has 2 aliphatic heterocycles. The number of hydrogen-bond acceptors (Lipinski definition) is 6. The lowest BCUT2D eigenvalue weighted by Crippen LogP contribution is -2.56. The highest BCUT2D eigenvalue weighted by atomic mass is 32.2. The second kappa shape index (κ2) is 6.96. The number of thioether (sulfide) groups is 1. The first-order chi connectivity index (χ1) is 14.1. The van der Waals surface area contributed by atoms with Crippen molar-refractivity contribution in [2.24, 2.45) is 10.1 Å². The molecule has 0 aliphatic carbocycles. The van der Waals surface area contributed by atoms with Crippen molar-refractivity contribution >= 4 is 45.3 Å². The van der Waals surface area contributed by atoms with Crippen molar-refractivity contribution in [3.63, 3.8) is 0 Å². The zero-order chi connectivity index (χ0) is 21.7. The van der Waals surface area contributed by atoms with Gasteiger partial charge < -0.3 is 10.2 Å². The lowest BCUT2D eigenvalue weighted by Gasteiger charge is -2.33. The van der Waals surface area contributed by atoms with E-state index in [0.717, 1.165) is 10.8 Å². The van der Waals surface area contributed by atoms with Crippen molar-refractivity contribution in [1.82, 2.24) is 5.01 Å². The van der Waals surface area contributed by atoms with Gasteiger partial charge in [-0.05, 0) is 34.2 Å².